The Morgan fingerprint density at radius 1 is 1.40 bits per heavy atom. The zero-order valence-corrected chi connectivity index (χ0v) is 11.8. The first-order chi connectivity index (χ1) is 9.44. The van der Waals surface area contributed by atoms with E-state index in [0.29, 0.717) is 12.4 Å². The van der Waals surface area contributed by atoms with Crippen LogP contribution in [0.4, 0.5) is 10.1 Å². The summed E-state index contributed by atoms with van der Waals surface area (Å²) in [4.78, 5) is 3.54. The van der Waals surface area contributed by atoms with E-state index in [1.54, 1.807) is 0 Å². The summed E-state index contributed by atoms with van der Waals surface area (Å²) in [6.07, 6.45) is 2.09. The molecule has 2 aromatic rings. The molecule has 8 heteroatoms. The number of benzene rings is 1. The lowest BCUT2D eigenvalue weighted by atomic mass is 10.3. The van der Waals surface area contributed by atoms with E-state index in [1.165, 1.54) is 23.1 Å². The highest BCUT2D eigenvalue weighted by Gasteiger charge is 2.22. The molecule has 0 aliphatic heterocycles. The molecule has 0 aliphatic rings. The monoisotopic (exact) mass is 298 g/mol. The van der Waals surface area contributed by atoms with Gasteiger partial charge in [0.1, 0.15) is 28.6 Å². The molecule has 1 aromatic heterocycles. The van der Waals surface area contributed by atoms with Gasteiger partial charge in [-0.05, 0) is 24.6 Å². The number of hydrogen-bond acceptors (Lipinski definition) is 5. The first kappa shape index (κ1) is 14.4. The molecule has 1 aromatic carbocycles. The van der Waals surface area contributed by atoms with E-state index in [-0.39, 0.29) is 10.6 Å². The Hall–Kier alpha value is -1.96. The van der Waals surface area contributed by atoms with Gasteiger partial charge in [-0.2, -0.15) is 5.10 Å². The number of nitrogen functional groups attached to an aromatic ring is 1. The molecule has 0 unspecified atom stereocenters. The highest BCUT2D eigenvalue weighted by molar-refractivity contribution is 7.90. The van der Waals surface area contributed by atoms with E-state index in [4.69, 9.17) is 5.73 Å². The SMILES string of the molecule is CCCn1ncnc1CS(=O)(=O)c1ccc(N)cc1F. The van der Waals surface area contributed by atoms with Crippen LogP contribution in [-0.4, -0.2) is 23.2 Å². The van der Waals surface area contributed by atoms with Crippen molar-refractivity contribution in [1.29, 1.82) is 0 Å². The molecule has 1 heterocycles. The van der Waals surface area contributed by atoms with Crippen LogP contribution in [0.15, 0.2) is 29.4 Å². The maximum absolute atomic E-state index is 13.7. The number of hydrogen-bond donors (Lipinski definition) is 1. The Morgan fingerprint density at radius 3 is 2.80 bits per heavy atom. The van der Waals surface area contributed by atoms with Crippen molar-refractivity contribution in [3.8, 4) is 0 Å². The predicted molar refractivity (Wildman–Crippen MR) is 72.0 cm³/mol. The lowest BCUT2D eigenvalue weighted by Gasteiger charge is -2.07. The molecule has 0 atom stereocenters. The van der Waals surface area contributed by atoms with Crippen molar-refractivity contribution in [3.05, 3.63) is 36.2 Å². The summed E-state index contributed by atoms with van der Waals surface area (Å²) in [7, 11) is -3.83. The summed E-state index contributed by atoms with van der Waals surface area (Å²) in [5, 5.41) is 3.95. The van der Waals surface area contributed by atoms with E-state index < -0.39 is 21.4 Å². The quantitative estimate of drug-likeness (QED) is 0.842. The zero-order valence-electron chi connectivity index (χ0n) is 11.0. The van der Waals surface area contributed by atoms with Gasteiger partial charge in [0.05, 0.1) is 0 Å². The van der Waals surface area contributed by atoms with E-state index in [9.17, 15) is 12.8 Å². The number of nitrogens with two attached hydrogens (primary N) is 1. The minimum Gasteiger partial charge on any atom is -0.399 e. The van der Waals surface area contributed by atoms with Gasteiger partial charge in [-0.25, -0.2) is 22.5 Å². The van der Waals surface area contributed by atoms with Crippen LogP contribution in [0.5, 0.6) is 0 Å². The van der Waals surface area contributed by atoms with Crippen LogP contribution in [0.3, 0.4) is 0 Å². The van der Waals surface area contributed by atoms with Gasteiger partial charge in [0.25, 0.3) is 0 Å². The van der Waals surface area contributed by atoms with E-state index in [2.05, 4.69) is 10.1 Å². The fraction of sp³-hybridized carbons (Fsp3) is 0.333. The first-order valence-corrected chi connectivity index (χ1v) is 7.73. The van der Waals surface area contributed by atoms with Crippen LogP contribution in [-0.2, 0) is 22.1 Å². The average molecular weight is 298 g/mol. The Kier molecular flexibility index (Phi) is 4.03. The number of rotatable bonds is 5. The smallest absolute Gasteiger partial charge is 0.188 e. The standard InChI is InChI=1S/C12H15FN4O2S/c1-2-5-17-12(15-8-16-17)7-20(18,19)11-4-3-9(14)6-10(11)13/h3-4,6,8H,2,5,7,14H2,1H3. The fourth-order valence-corrected chi connectivity index (χ4v) is 3.17. The Bertz CT molecular complexity index is 712. The molecule has 20 heavy (non-hydrogen) atoms. The first-order valence-electron chi connectivity index (χ1n) is 6.08. The zero-order chi connectivity index (χ0) is 14.8. The van der Waals surface area contributed by atoms with Crippen molar-refractivity contribution >= 4 is 15.5 Å². The van der Waals surface area contributed by atoms with Crippen molar-refractivity contribution in [3.63, 3.8) is 0 Å². The molecule has 0 spiro atoms. The van der Waals surface area contributed by atoms with Crippen LogP contribution in [0.2, 0.25) is 0 Å². The third-order valence-electron chi connectivity index (χ3n) is 2.74. The lowest BCUT2D eigenvalue weighted by Crippen LogP contribution is -2.13. The molecule has 108 valence electrons. The molecule has 6 nitrogen and oxygen atoms in total. The predicted octanol–water partition coefficient (Wildman–Crippen LogP) is 1.38. The number of anilines is 1. The summed E-state index contributed by atoms with van der Waals surface area (Å²) in [5.74, 6) is -0.956. The Morgan fingerprint density at radius 2 is 2.15 bits per heavy atom. The Balaban J connectivity index is 2.33. The van der Waals surface area contributed by atoms with Crippen molar-refractivity contribution in [2.75, 3.05) is 5.73 Å². The molecule has 0 bridgehead atoms. The second-order valence-corrected chi connectivity index (χ2v) is 6.31. The molecular weight excluding hydrogens is 283 g/mol. The summed E-state index contributed by atoms with van der Waals surface area (Å²) >= 11 is 0. The summed E-state index contributed by atoms with van der Waals surface area (Å²) in [5.41, 5.74) is 5.59. The second kappa shape index (κ2) is 5.58. The molecule has 2 N–H and O–H groups in total. The highest BCUT2D eigenvalue weighted by Crippen LogP contribution is 2.21. The van der Waals surface area contributed by atoms with Crippen molar-refractivity contribution < 1.29 is 12.8 Å². The van der Waals surface area contributed by atoms with E-state index in [0.717, 1.165) is 12.5 Å². The highest BCUT2D eigenvalue weighted by atomic mass is 32.2. The van der Waals surface area contributed by atoms with Crippen LogP contribution in [0.25, 0.3) is 0 Å². The minimum absolute atomic E-state index is 0.176. The number of sulfone groups is 1. The number of aryl methyl sites for hydroxylation is 1. The molecule has 0 radical (unpaired) electrons. The molecule has 0 aliphatic carbocycles. The molecule has 2 rings (SSSR count). The molecule has 0 amide bonds. The largest absolute Gasteiger partial charge is 0.399 e. The topological polar surface area (TPSA) is 90.9 Å². The maximum Gasteiger partial charge on any atom is 0.188 e. The van der Waals surface area contributed by atoms with Gasteiger partial charge < -0.3 is 5.73 Å². The number of nitrogens with zero attached hydrogens (tertiary/aromatic N) is 3. The average Bonchev–Trinajstić information content (AvgIpc) is 2.76. The van der Waals surface area contributed by atoms with Crippen LogP contribution >= 0.6 is 0 Å². The minimum atomic E-state index is -3.83. The van der Waals surface area contributed by atoms with Gasteiger partial charge in [-0.3, -0.25) is 0 Å². The summed E-state index contributed by atoms with van der Waals surface area (Å²) in [6, 6.07) is 3.51. The molecule has 0 saturated carbocycles. The summed E-state index contributed by atoms with van der Waals surface area (Å²) in [6.45, 7) is 2.51. The third-order valence-corrected chi connectivity index (χ3v) is 4.38. The van der Waals surface area contributed by atoms with Gasteiger partial charge in [-0.1, -0.05) is 6.92 Å². The van der Waals surface area contributed by atoms with E-state index in [1.807, 2.05) is 6.92 Å². The van der Waals surface area contributed by atoms with Crippen LogP contribution < -0.4 is 5.73 Å². The van der Waals surface area contributed by atoms with Gasteiger partial charge in [0, 0.05) is 12.2 Å². The van der Waals surface area contributed by atoms with Gasteiger partial charge in [0.2, 0.25) is 0 Å². The van der Waals surface area contributed by atoms with Crippen molar-refractivity contribution in [2.45, 2.75) is 30.5 Å². The molecule has 0 saturated heterocycles. The van der Waals surface area contributed by atoms with Crippen LogP contribution in [0, 0.1) is 5.82 Å². The lowest BCUT2D eigenvalue weighted by molar-refractivity contribution is 0.554. The van der Waals surface area contributed by atoms with E-state index >= 15 is 0 Å². The second-order valence-electron chi connectivity index (χ2n) is 4.35. The van der Waals surface area contributed by atoms with Gasteiger partial charge >= 0.3 is 0 Å². The maximum atomic E-state index is 13.7. The van der Waals surface area contributed by atoms with Crippen molar-refractivity contribution in [2.24, 2.45) is 0 Å². The van der Waals surface area contributed by atoms with Crippen LogP contribution in [0.1, 0.15) is 19.2 Å². The molecule has 0 fully saturated rings. The number of halogens is 1. The third kappa shape index (κ3) is 2.96. The molecular formula is C12H15FN4O2S. The normalized spacial score (nSPS) is 11.7. The Labute approximate surface area is 116 Å². The van der Waals surface area contributed by atoms with Gasteiger partial charge in [-0.15, -0.1) is 0 Å². The fourth-order valence-electron chi connectivity index (χ4n) is 1.82. The van der Waals surface area contributed by atoms with Crippen molar-refractivity contribution in [1.82, 2.24) is 14.8 Å². The number of aromatic nitrogens is 3. The van der Waals surface area contributed by atoms with Gasteiger partial charge in [0.15, 0.2) is 9.84 Å². The summed E-state index contributed by atoms with van der Waals surface area (Å²) < 4.78 is 39.7.